The molecule has 0 spiro atoms. The van der Waals surface area contributed by atoms with Crippen molar-refractivity contribution in [2.45, 2.75) is 110 Å². The molecule has 8 nitrogen and oxygen atoms in total. The number of hydrogen-bond donors (Lipinski definition) is 0. The standard InChI is InChI=1S/C27H51NO7S/c1-24(29)17-12-11-13-18-25(27(31)35-4)23-26(30)19-14-9-7-5-6-8-10-15-20-28(2,3)21-16-22-36(32,33)34/h25H,5-23H2,1-4H3. The fraction of sp³-hybridized carbons (Fsp3) is 0.889. The molecule has 0 radical (unpaired) electrons. The summed E-state index contributed by atoms with van der Waals surface area (Å²) in [6.45, 7) is 3.26. The van der Waals surface area contributed by atoms with Crippen LogP contribution < -0.4 is 0 Å². The number of rotatable bonds is 24. The minimum atomic E-state index is -4.12. The lowest BCUT2D eigenvalue weighted by Gasteiger charge is -2.30. The van der Waals surface area contributed by atoms with Crippen molar-refractivity contribution in [3.05, 3.63) is 0 Å². The molecule has 0 aromatic rings. The predicted octanol–water partition coefficient (Wildman–Crippen LogP) is 4.80. The van der Waals surface area contributed by atoms with Gasteiger partial charge in [-0.25, -0.2) is 8.42 Å². The number of carbonyl (C=O) groups is 3. The Bertz CT molecular complexity index is 734. The van der Waals surface area contributed by atoms with Crippen LogP contribution in [0.3, 0.4) is 0 Å². The van der Waals surface area contributed by atoms with Crippen LogP contribution in [-0.2, 0) is 29.2 Å². The first-order chi connectivity index (χ1) is 16.9. The summed E-state index contributed by atoms with van der Waals surface area (Å²) in [7, 11) is 1.39. The van der Waals surface area contributed by atoms with E-state index in [9.17, 15) is 27.4 Å². The van der Waals surface area contributed by atoms with Crippen molar-refractivity contribution < 1.29 is 36.6 Å². The van der Waals surface area contributed by atoms with E-state index in [0.29, 0.717) is 32.2 Å². The van der Waals surface area contributed by atoms with Crippen molar-refractivity contribution in [3.8, 4) is 0 Å². The van der Waals surface area contributed by atoms with Crippen molar-refractivity contribution in [2.75, 3.05) is 40.0 Å². The van der Waals surface area contributed by atoms with Crippen LogP contribution in [0.1, 0.15) is 110 Å². The number of carbonyl (C=O) groups excluding carboxylic acids is 3. The lowest BCUT2D eigenvalue weighted by molar-refractivity contribution is -0.890. The lowest BCUT2D eigenvalue weighted by atomic mass is 9.93. The van der Waals surface area contributed by atoms with E-state index in [4.69, 9.17) is 4.74 Å². The number of unbranched alkanes of at least 4 members (excludes halogenated alkanes) is 9. The van der Waals surface area contributed by atoms with E-state index >= 15 is 0 Å². The predicted molar refractivity (Wildman–Crippen MR) is 141 cm³/mol. The van der Waals surface area contributed by atoms with Crippen molar-refractivity contribution in [3.63, 3.8) is 0 Å². The molecule has 36 heavy (non-hydrogen) atoms. The lowest BCUT2D eigenvalue weighted by Crippen LogP contribution is -2.41. The van der Waals surface area contributed by atoms with Gasteiger partial charge in [-0.05, 0) is 39.0 Å². The normalized spacial score (nSPS) is 12.9. The van der Waals surface area contributed by atoms with Gasteiger partial charge in [0.25, 0.3) is 0 Å². The molecular formula is C27H51NO7S. The molecule has 0 amide bonds. The van der Waals surface area contributed by atoms with E-state index in [2.05, 4.69) is 14.1 Å². The summed E-state index contributed by atoms with van der Waals surface area (Å²) in [5.41, 5.74) is 0. The zero-order valence-corrected chi connectivity index (χ0v) is 24.0. The molecule has 0 aromatic carbocycles. The third-order valence-electron chi connectivity index (χ3n) is 6.72. The maximum absolute atomic E-state index is 12.4. The average Bonchev–Trinajstić information content (AvgIpc) is 2.77. The van der Waals surface area contributed by atoms with Gasteiger partial charge in [-0.1, -0.05) is 44.9 Å². The molecule has 0 aliphatic rings. The van der Waals surface area contributed by atoms with E-state index in [1.165, 1.54) is 20.0 Å². The van der Waals surface area contributed by atoms with Gasteiger partial charge < -0.3 is 18.6 Å². The minimum absolute atomic E-state index is 0.128. The van der Waals surface area contributed by atoms with E-state index in [-0.39, 0.29) is 35.6 Å². The van der Waals surface area contributed by atoms with Crippen LogP contribution in [0.25, 0.3) is 0 Å². The number of esters is 1. The van der Waals surface area contributed by atoms with Crippen LogP contribution in [-0.4, -0.2) is 75.0 Å². The fourth-order valence-corrected chi connectivity index (χ4v) is 4.97. The largest absolute Gasteiger partial charge is 0.748 e. The quantitative estimate of drug-likeness (QED) is 0.0757. The minimum Gasteiger partial charge on any atom is -0.748 e. The number of ketones is 2. The zero-order valence-electron chi connectivity index (χ0n) is 23.2. The third kappa shape index (κ3) is 21.9. The highest BCUT2D eigenvalue weighted by molar-refractivity contribution is 7.85. The third-order valence-corrected chi connectivity index (χ3v) is 7.51. The fourth-order valence-electron chi connectivity index (χ4n) is 4.49. The van der Waals surface area contributed by atoms with Crippen LogP contribution in [0.15, 0.2) is 0 Å². The van der Waals surface area contributed by atoms with Crippen molar-refractivity contribution in [2.24, 2.45) is 5.92 Å². The Balaban J connectivity index is 3.84. The van der Waals surface area contributed by atoms with Gasteiger partial charge in [0.05, 0.1) is 50.3 Å². The van der Waals surface area contributed by atoms with Crippen LogP contribution in [0.4, 0.5) is 0 Å². The maximum atomic E-state index is 12.4. The molecule has 0 saturated heterocycles. The number of ether oxygens (including phenoxy) is 1. The van der Waals surface area contributed by atoms with E-state index in [1.54, 1.807) is 6.92 Å². The summed E-state index contributed by atoms with van der Waals surface area (Å²) in [6, 6.07) is 0. The highest BCUT2D eigenvalue weighted by Crippen LogP contribution is 2.19. The second-order valence-corrected chi connectivity index (χ2v) is 12.4. The Morgan fingerprint density at radius 2 is 1.28 bits per heavy atom. The van der Waals surface area contributed by atoms with Gasteiger partial charge in [0.2, 0.25) is 0 Å². The Labute approximate surface area is 219 Å². The Kier molecular flexibility index (Phi) is 19.0. The smallest absolute Gasteiger partial charge is 0.309 e. The number of nitrogens with zero attached hydrogens (tertiary/aromatic N) is 1. The Morgan fingerprint density at radius 1 is 0.778 bits per heavy atom. The molecule has 0 rings (SSSR count). The van der Waals surface area contributed by atoms with Gasteiger partial charge in [-0.3, -0.25) is 9.59 Å². The summed E-state index contributed by atoms with van der Waals surface area (Å²) in [5.74, 6) is -0.659. The monoisotopic (exact) mass is 533 g/mol. The zero-order chi connectivity index (χ0) is 27.5. The first-order valence-corrected chi connectivity index (χ1v) is 15.3. The van der Waals surface area contributed by atoms with E-state index in [1.807, 2.05) is 0 Å². The molecule has 1 unspecified atom stereocenters. The maximum Gasteiger partial charge on any atom is 0.309 e. The summed E-state index contributed by atoms with van der Waals surface area (Å²) in [6.07, 6.45) is 13.6. The Morgan fingerprint density at radius 3 is 1.83 bits per heavy atom. The molecule has 0 heterocycles. The molecule has 0 N–H and O–H groups in total. The number of Topliss-reactive ketones (excluding diaryl/α,β-unsaturated/α-hetero) is 2. The van der Waals surface area contributed by atoms with Gasteiger partial charge in [-0.2, -0.15) is 0 Å². The molecule has 0 fully saturated rings. The van der Waals surface area contributed by atoms with Crippen molar-refractivity contribution in [1.82, 2.24) is 0 Å². The van der Waals surface area contributed by atoms with Gasteiger partial charge in [-0.15, -0.1) is 0 Å². The molecule has 0 aliphatic carbocycles. The molecule has 0 aromatic heterocycles. The van der Waals surface area contributed by atoms with E-state index in [0.717, 1.165) is 68.8 Å². The summed E-state index contributed by atoms with van der Waals surface area (Å²) in [4.78, 5) is 35.4. The first-order valence-electron chi connectivity index (χ1n) is 13.7. The highest BCUT2D eigenvalue weighted by atomic mass is 32.2. The molecule has 9 heteroatoms. The van der Waals surface area contributed by atoms with Crippen LogP contribution >= 0.6 is 0 Å². The van der Waals surface area contributed by atoms with Gasteiger partial charge in [0, 0.05) is 31.4 Å². The molecular weight excluding hydrogens is 482 g/mol. The number of hydrogen-bond acceptors (Lipinski definition) is 7. The van der Waals surface area contributed by atoms with Crippen LogP contribution in [0.2, 0.25) is 0 Å². The molecule has 212 valence electrons. The van der Waals surface area contributed by atoms with E-state index < -0.39 is 10.1 Å². The molecule has 0 saturated carbocycles. The summed E-state index contributed by atoms with van der Waals surface area (Å²) in [5, 5.41) is 0. The van der Waals surface area contributed by atoms with Crippen molar-refractivity contribution >= 4 is 27.7 Å². The average molecular weight is 534 g/mol. The highest BCUT2D eigenvalue weighted by Gasteiger charge is 2.22. The number of methoxy groups -OCH3 is 1. The second kappa shape index (κ2) is 19.7. The number of quaternary nitrogens is 1. The van der Waals surface area contributed by atoms with Gasteiger partial charge in [0.1, 0.15) is 11.6 Å². The van der Waals surface area contributed by atoms with Crippen LogP contribution in [0, 0.1) is 5.92 Å². The Hall–Kier alpha value is -1.32. The topological polar surface area (TPSA) is 118 Å². The van der Waals surface area contributed by atoms with Crippen LogP contribution in [0.5, 0.6) is 0 Å². The van der Waals surface area contributed by atoms with Gasteiger partial charge in [0.15, 0.2) is 0 Å². The summed E-state index contributed by atoms with van der Waals surface area (Å²) >= 11 is 0. The molecule has 1 atom stereocenters. The second-order valence-electron chi connectivity index (χ2n) is 10.8. The molecule has 0 aliphatic heterocycles. The van der Waals surface area contributed by atoms with Gasteiger partial charge >= 0.3 is 5.97 Å². The summed E-state index contributed by atoms with van der Waals surface area (Å²) < 4.78 is 37.8. The first kappa shape index (κ1) is 34.7. The molecule has 0 bridgehead atoms. The van der Waals surface area contributed by atoms with Crippen molar-refractivity contribution in [1.29, 1.82) is 0 Å². The SMILES string of the molecule is COC(=O)C(CCCCCC(C)=O)CC(=O)CCCCCCCCCC[N+](C)(C)CCCS(=O)(=O)[O-].